The van der Waals surface area contributed by atoms with Gasteiger partial charge in [0, 0.05) is 43.3 Å². The van der Waals surface area contributed by atoms with Crippen LogP contribution in [-0.4, -0.2) is 48.6 Å². The van der Waals surface area contributed by atoms with Gasteiger partial charge in [0.1, 0.15) is 11.6 Å². The van der Waals surface area contributed by atoms with Crippen molar-refractivity contribution in [3.05, 3.63) is 35.4 Å². The second-order valence-corrected chi connectivity index (χ2v) is 6.10. The van der Waals surface area contributed by atoms with Crippen molar-refractivity contribution in [1.82, 2.24) is 9.80 Å². The minimum absolute atomic E-state index is 0.154. The average molecular weight is 295 g/mol. The molecule has 2 saturated heterocycles. The number of hydrogen-bond donors (Lipinski definition) is 1. The molecule has 2 aliphatic heterocycles. The molecule has 2 N–H and O–H groups in total. The Hall–Kier alpha value is -1.04. The Kier molecular flexibility index (Phi) is 4.52. The Bertz CT molecular complexity index is 488. The first kappa shape index (κ1) is 14.9. The van der Waals surface area contributed by atoms with Crippen LogP contribution in [0.5, 0.6) is 0 Å². The number of rotatable bonds is 4. The van der Waals surface area contributed by atoms with E-state index < -0.39 is 11.6 Å². The fourth-order valence-corrected chi connectivity index (χ4v) is 3.70. The van der Waals surface area contributed by atoms with Gasteiger partial charge < -0.3 is 5.73 Å². The largest absolute Gasteiger partial charge is 0.329 e. The number of halogens is 2. The summed E-state index contributed by atoms with van der Waals surface area (Å²) in [6.45, 7) is 4.57. The second kappa shape index (κ2) is 6.38. The van der Waals surface area contributed by atoms with E-state index in [1.807, 2.05) is 0 Å². The molecule has 1 aromatic rings. The Morgan fingerprint density at radius 3 is 2.62 bits per heavy atom. The quantitative estimate of drug-likeness (QED) is 0.923. The average Bonchev–Trinajstić information content (AvgIpc) is 3.12. The molecule has 2 unspecified atom stereocenters. The van der Waals surface area contributed by atoms with Gasteiger partial charge in [-0.15, -0.1) is 0 Å². The van der Waals surface area contributed by atoms with Gasteiger partial charge in [-0.1, -0.05) is 6.07 Å². The van der Waals surface area contributed by atoms with Gasteiger partial charge in [0.15, 0.2) is 0 Å². The minimum atomic E-state index is -0.539. The fourth-order valence-electron chi connectivity index (χ4n) is 3.70. The van der Waals surface area contributed by atoms with Crippen LogP contribution in [0.15, 0.2) is 18.2 Å². The molecule has 2 fully saturated rings. The molecule has 0 saturated carbocycles. The first-order valence-corrected chi connectivity index (χ1v) is 7.82. The molecule has 21 heavy (non-hydrogen) atoms. The van der Waals surface area contributed by atoms with Crippen LogP contribution in [0.25, 0.3) is 0 Å². The topological polar surface area (TPSA) is 32.5 Å². The summed E-state index contributed by atoms with van der Waals surface area (Å²) in [4.78, 5) is 4.79. The standard InChI is InChI=1S/C16H23F2N3/c17-12-3-4-14(15(18)9-12)16(10-19)21-8-5-13(11-21)20-6-1-2-7-20/h3-4,9,13,16H,1-2,5-8,10-11,19H2. The molecule has 5 heteroatoms. The van der Waals surface area contributed by atoms with Crippen molar-refractivity contribution in [1.29, 1.82) is 0 Å². The van der Waals surface area contributed by atoms with Crippen LogP contribution >= 0.6 is 0 Å². The van der Waals surface area contributed by atoms with Crippen LogP contribution < -0.4 is 5.73 Å². The summed E-state index contributed by atoms with van der Waals surface area (Å²) < 4.78 is 27.1. The van der Waals surface area contributed by atoms with E-state index in [1.165, 1.54) is 38.1 Å². The molecular weight excluding hydrogens is 272 g/mol. The lowest BCUT2D eigenvalue weighted by molar-refractivity contribution is 0.200. The molecule has 116 valence electrons. The van der Waals surface area contributed by atoms with Gasteiger partial charge in [-0.25, -0.2) is 8.78 Å². The van der Waals surface area contributed by atoms with Crippen molar-refractivity contribution in [3.63, 3.8) is 0 Å². The lowest BCUT2D eigenvalue weighted by Gasteiger charge is -2.29. The lowest BCUT2D eigenvalue weighted by Crippen LogP contribution is -2.38. The zero-order valence-electron chi connectivity index (χ0n) is 12.3. The molecule has 2 aliphatic rings. The van der Waals surface area contributed by atoms with E-state index in [0.29, 0.717) is 18.2 Å². The van der Waals surface area contributed by atoms with Crippen LogP contribution in [0.1, 0.15) is 30.9 Å². The van der Waals surface area contributed by atoms with Crippen molar-refractivity contribution in [3.8, 4) is 0 Å². The number of hydrogen-bond acceptors (Lipinski definition) is 3. The van der Waals surface area contributed by atoms with Crippen LogP contribution in [-0.2, 0) is 0 Å². The zero-order valence-corrected chi connectivity index (χ0v) is 12.3. The van der Waals surface area contributed by atoms with Crippen molar-refractivity contribution >= 4 is 0 Å². The summed E-state index contributed by atoms with van der Waals surface area (Å²) in [5.41, 5.74) is 6.39. The molecule has 0 spiro atoms. The summed E-state index contributed by atoms with van der Waals surface area (Å²) in [7, 11) is 0. The van der Waals surface area contributed by atoms with E-state index in [9.17, 15) is 8.78 Å². The normalized spacial score (nSPS) is 25.6. The third kappa shape index (κ3) is 3.10. The van der Waals surface area contributed by atoms with Gasteiger partial charge in [-0.3, -0.25) is 9.80 Å². The molecular formula is C16H23F2N3. The van der Waals surface area contributed by atoms with Gasteiger partial charge in [-0.2, -0.15) is 0 Å². The van der Waals surface area contributed by atoms with E-state index in [2.05, 4.69) is 9.80 Å². The summed E-state index contributed by atoms with van der Waals surface area (Å²) >= 11 is 0. The maximum Gasteiger partial charge on any atom is 0.130 e. The molecule has 0 bridgehead atoms. The molecule has 2 atom stereocenters. The van der Waals surface area contributed by atoms with Gasteiger partial charge >= 0.3 is 0 Å². The van der Waals surface area contributed by atoms with Gasteiger partial charge in [0.25, 0.3) is 0 Å². The van der Waals surface area contributed by atoms with Crippen LogP contribution in [0.3, 0.4) is 0 Å². The predicted molar refractivity (Wildman–Crippen MR) is 78.9 cm³/mol. The number of benzene rings is 1. The molecule has 3 rings (SSSR count). The Labute approximate surface area is 124 Å². The molecule has 0 aromatic heterocycles. The van der Waals surface area contributed by atoms with Gasteiger partial charge in [0.05, 0.1) is 0 Å². The monoisotopic (exact) mass is 295 g/mol. The third-order valence-electron chi connectivity index (χ3n) is 4.84. The highest BCUT2D eigenvalue weighted by molar-refractivity contribution is 5.23. The molecule has 0 amide bonds. The Balaban J connectivity index is 1.72. The lowest BCUT2D eigenvalue weighted by atomic mass is 10.0. The Morgan fingerprint density at radius 1 is 1.19 bits per heavy atom. The van der Waals surface area contributed by atoms with Crippen LogP contribution in [0, 0.1) is 11.6 Å². The molecule has 1 aromatic carbocycles. The molecule has 3 nitrogen and oxygen atoms in total. The summed E-state index contributed by atoms with van der Waals surface area (Å²) in [5, 5.41) is 0. The van der Waals surface area contributed by atoms with Crippen LogP contribution in [0.4, 0.5) is 8.78 Å². The predicted octanol–water partition coefficient (Wildman–Crippen LogP) is 2.13. The fraction of sp³-hybridized carbons (Fsp3) is 0.625. The maximum atomic E-state index is 14.0. The van der Waals surface area contributed by atoms with E-state index in [0.717, 1.165) is 25.6 Å². The Morgan fingerprint density at radius 2 is 1.95 bits per heavy atom. The van der Waals surface area contributed by atoms with E-state index in [4.69, 9.17) is 5.73 Å². The molecule has 2 heterocycles. The molecule has 0 aliphatic carbocycles. The van der Waals surface area contributed by atoms with Crippen molar-refractivity contribution in [2.75, 3.05) is 32.7 Å². The van der Waals surface area contributed by atoms with Crippen molar-refractivity contribution < 1.29 is 8.78 Å². The third-order valence-corrected chi connectivity index (χ3v) is 4.84. The van der Waals surface area contributed by atoms with Crippen molar-refractivity contribution in [2.24, 2.45) is 5.73 Å². The summed E-state index contributed by atoms with van der Waals surface area (Å²) in [6.07, 6.45) is 3.67. The highest BCUT2D eigenvalue weighted by Gasteiger charge is 2.33. The minimum Gasteiger partial charge on any atom is -0.329 e. The van der Waals surface area contributed by atoms with Crippen LogP contribution in [0.2, 0.25) is 0 Å². The smallest absolute Gasteiger partial charge is 0.130 e. The SMILES string of the molecule is NCC(c1ccc(F)cc1F)N1CCC(N2CCCC2)C1. The highest BCUT2D eigenvalue weighted by atomic mass is 19.1. The van der Waals surface area contributed by atoms with E-state index >= 15 is 0 Å². The first-order chi connectivity index (χ1) is 10.2. The van der Waals surface area contributed by atoms with Gasteiger partial charge in [0.2, 0.25) is 0 Å². The van der Waals surface area contributed by atoms with Gasteiger partial charge in [-0.05, 0) is 38.4 Å². The molecule has 0 radical (unpaired) electrons. The second-order valence-electron chi connectivity index (χ2n) is 6.10. The maximum absolute atomic E-state index is 14.0. The van der Waals surface area contributed by atoms with Crippen molar-refractivity contribution in [2.45, 2.75) is 31.3 Å². The number of nitrogens with two attached hydrogens (primary N) is 1. The van der Waals surface area contributed by atoms with E-state index in [1.54, 1.807) is 0 Å². The number of likely N-dealkylation sites (tertiary alicyclic amines) is 2. The zero-order chi connectivity index (χ0) is 14.8. The number of nitrogens with zero attached hydrogens (tertiary/aromatic N) is 2. The highest BCUT2D eigenvalue weighted by Crippen LogP contribution is 2.29. The first-order valence-electron chi connectivity index (χ1n) is 7.82. The van der Waals surface area contributed by atoms with E-state index in [-0.39, 0.29) is 6.04 Å². The summed E-state index contributed by atoms with van der Waals surface area (Å²) in [6, 6.07) is 4.20. The summed E-state index contributed by atoms with van der Waals surface area (Å²) in [5.74, 6) is -1.03.